The molecule has 0 amide bonds. The van der Waals surface area contributed by atoms with Gasteiger partial charge in [-0.05, 0) is 0 Å². The molecular weight excluding hydrogens is 429 g/mol. The molecule has 17 heavy (non-hydrogen) atoms. The van der Waals surface area contributed by atoms with Crippen LogP contribution in [0.3, 0.4) is 0 Å². The third kappa shape index (κ3) is 2680. The molecule has 0 unspecified atom stereocenters. The molecule has 0 saturated heterocycles. The van der Waals surface area contributed by atoms with Crippen LogP contribution < -0.4 is 41.9 Å². The van der Waals surface area contributed by atoms with Crippen molar-refractivity contribution in [1.82, 2.24) is 0 Å². The van der Waals surface area contributed by atoms with Crippen LogP contribution in [-0.4, -0.2) is 45.3 Å². The van der Waals surface area contributed by atoms with Crippen molar-refractivity contribution in [2.24, 2.45) is 0 Å². The number of hydrogen-bond acceptors (Lipinski definition) is 12. The van der Waals surface area contributed by atoms with Gasteiger partial charge in [0.25, 0.3) is 0 Å². The first-order valence-corrected chi connectivity index (χ1v) is 5.69. The summed E-state index contributed by atoms with van der Waals surface area (Å²) >= 11 is 0. The van der Waals surface area contributed by atoms with E-state index in [2.05, 4.69) is 0 Å². The predicted octanol–water partition coefficient (Wildman–Crippen LogP) is -13.6. The van der Waals surface area contributed by atoms with Gasteiger partial charge in [0.05, 0.1) is 44.7 Å². The summed E-state index contributed by atoms with van der Waals surface area (Å²) in [5.41, 5.74) is 0. The molecule has 0 aliphatic carbocycles. The molecule has 0 heterocycles. The maximum absolute atomic E-state index is 8.60. The van der Waals surface area contributed by atoms with Crippen molar-refractivity contribution in [3.05, 3.63) is 0 Å². The molecule has 0 aliphatic heterocycles. The SMILES string of the molecule is O.[In].[O-][Cl+3]([O-])([O-])O.[O-][Cl+3]([O-])([O-])O.[O-][Cl+3]([O-])([O-])O. The van der Waals surface area contributed by atoms with Crippen LogP contribution in [0.4, 0.5) is 0 Å². The molecular formula is H5Cl3InO13. The Bertz CT molecular complexity index is 91.7. The maximum atomic E-state index is 8.60. The Balaban J connectivity index is -0.0000000400. The molecule has 0 spiro atoms. The van der Waals surface area contributed by atoms with Crippen molar-refractivity contribution in [1.29, 1.82) is 0 Å². The number of rotatable bonds is 0. The standard InChI is InChI=1S/3ClHO4.In.H2O/c3*2-1(3,4)5;;/h3*(H,2,3,4,5);;1H2. The second-order valence-corrected chi connectivity index (χ2v) is 3.56. The summed E-state index contributed by atoms with van der Waals surface area (Å²) in [5, 5.41) is 0. The predicted molar refractivity (Wildman–Crippen MR) is 16.0 cm³/mol. The van der Waals surface area contributed by atoms with Gasteiger partial charge < -0.3 is 5.48 Å². The third-order valence-electron chi connectivity index (χ3n) is 0. The molecule has 107 valence electrons. The van der Waals surface area contributed by atoms with E-state index in [9.17, 15) is 0 Å². The average molecular weight is 434 g/mol. The minimum Gasteiger partial charge on any atom is -0.412 e. The van der Waals surface area contributed by atoms with E-state index in [1.165, 1.54) is 0 Å². The molecule has 0 aromatic carbocycles. The van der Waals surface area contributed by atoms with Gasteiger partial charge in [-0.15, -0.1) is 0 Å². The Morgan fingerprint density at radius 3 is 0.471 bits per heavy atom. The fourth-order valence-electron chi connectivity index (χ4n) is 0. The molecule has 0 aliphatic rings. The zero-order valence-corrected chi connectivity index (χ0v) is 12.8. The van der Waals surface area contributed by atoms with E-state index in [0.29, 0.717) is 0 Å². The van der Waals surface area contributed by atoms with Crippen LogP contribution in [0.2, 0.25) is 0 Å². The first-order chi connectivity index (χ1) is 6.00. The molecule has 0 bridgehead atoms. The topological polar surface area (TPSA) is 300 Å². The van der Waals surface area contributed by atoms with Gasteiger partial charge in [0.15, 0.2) is 0 Å². The molecule has 0 fully saturated rings. The molecule has 13 nitrogen and oxygen atoms in total. The van der Waals surface area contributed by atoms with Gasteiger partial charge in [-0.1, -0.05) is 0 Å². The third-order valence-corrected chi connectivity index (χ3v) is 0. The summed E-state index contributed by atoms with van der Waals surface area (Å²) in [6.45, 7) is 0. The Morgan fingerprint density at radius 2 is 0.471 bits per heavy atom. The van der Waals surface area contributed by atoms with E-state index in [1.807, 2.05) is 0 Å². The van der Waals surface area contributed by atoms with Gasteiger partial charge in [0, 0.05) is 25.8 Å². The first-order valence-electron chi connectivity index (χ1n) is 1.90. The van der Waals surface area contributed by atoms with E-state index >= 15 is 0 Å². The second kappa shape index (κ2) is 12.3. The van der Waals surface area contributed by atoms with Gasteiger partial charge in [0.1, 0.15) is 0 Å². The fourth-order valence-corrected chi connectivity index (χ4v) is 0. The van der Waals surface area contributed by atoms with Gasteiger partial charge in [-0.2, -0.15) is 41.9 Å². The Kier molecular flexibility index (Phi) is 22.3. The molecule has 0 saturated carbocycles. The van der Waals surface area contributed by atoms with E-state index in [0.717, 1.165) is 0 Å². The van der Waals surface area contributed by atoms with Crippen LogP contribution >= 0.6 is 0 Å². The summed E-state index contributed by atoms with van der Waals surface area (Å²) in [6, 6.07) is 0. The van der Waals surface area contributed by atoms with Crippen LogP contribution in [0.5, 0.6) is 0 Å². The summed E-state index contributed by atoms with van der Waals surface area (Å²) in [4.78, 5) is 0. The van der Waals surface area contributed by atoms with Gasteiger partial charge in [-0.3, -0.25) is 0 Å². The molecule has 17 heteroatoms. The summed E-state index contributed by atoms with van der Waals surface area (Å²) in [5.74, 6) is 0. The molecule has 5 N–H and O–H groups in total. The van der Waals surface area contributed by atoms with Gasteiger partial charge in [-0.25, -0.2) is 0 Å². The van der Waals surface area contributed by atoms with Crippen molar-refractivity contribution in [2.45, 2.75) is 0 Å². The molecule has 3 radical (unpaired) electrons. The smallest absolute Gasteiger partial charge is 0.0777 e. The van der Waals surface area contributed by atoms with Crippen LogP contribution in [0.1, 0.15) is 0 Å². The monoisotopic (exact) mass is 433 g/mol. The van der Waals surface area contributed by atoms with Crippen LogP contribution in [0.25, 0.3) is 0 Å². The minimum atomic E-state index is -4.69. The summed E-state index contributed by atoms with van der Waals surface area (Å²) < 4.78 is 98.2. The normalized spacial score (nSPS) is 10.6. The van der Waals surface area contributed by atoms with Crippen LogP contribution in [-0.2, 0) is 0 Å². The van der Waals surface area contributed by atoms with Crippen molar-refractivity contribution in [3.8, 4) is 0 Å². The second-order valence-electron chi connectivity index (χ2n) is 1.19. The molecule has 0 atom stereocenters. The maximum Gasteiger partial charge on any atom is 0.0777 e. The molecule has 0 aromatic heterocycles. The van der Waals surface area contributed by atoms with Crippen molar-refractivity contribution >= 4 is 25.8 Å². The van der Waals surface area contributed by atoms with Gasteiger partial charge in [0.2, 0.25) is 0 Å². The molecule has 0 rings (SSSR count). The Labute approximate surface area is 118 Å². The zero-order valence-electron chi connectivity index (χ0n) is 7.23. The Hall–Kier alpha value is 1.22. The van der Waals surface area contributed by atoms with Crippen LogP contribution in [0.15, 0.2) is 0 Å². The van der Waals surface area contributed by atoms with Crippen molar-refractivity contribution in [3.63, 3.8) is 0 Å². The van der Waals surface area contributed by atoms with Crippen molar-refractivity contribution < 1.29 is 92.1 Å². The van der Waals surface area contributed by atoms with E-state index in [1.54, 1.807) is 0 Å². The first kappa shape index (κ1) is 30.9. The number of hydrogen-bond donors (Lipinski definition) is 3. The molecule has 0 aromatic rings. The van der Waals surface area contributed by atoms with E-state index in [4.69, 9.17) is 55.9 Å². The van der Waals surface area contributed by atoms with E-state index in [-0.39, 0.29) is 31.3 Å². The van der Waals surface area contributed by atoms with Crippen molar-refractivity contribution in [2.75, 3.05) is 0 Å². The summed E-state index contributed by atoms with van der Waals surface area (Å²) in [7, 11) is -14.1. The largest absolute Gasteiger partial charge is 0.412 e. The van der Waals surface area contributed by atoms with Gasteiger partial charge >= 0.3 is 0 Å². The zero-order chi connectivity index (χ0) is 13.5. The summed E-state index contributed by atoms with van der Waals surface area (Å²) in [6.07, 6.45) is 0. The minimum absolute atomic E-state index is 0. The van der Waals surface area contributed by atoms with E-state index < -0.39 is 30.7 Å². The Morgan fingerprint density at radius 1 is 0.471 bits per heavy atom. The quantitative estimate of drug-likeness (QED) is 0.320. The fraction of sp³-hybridized carbons (Fsp3) is 0. The van der Waals surface area contributed by atoms with Crippen LogP contribution in [0, 0.1) is 30.7 Å². The average Bonchev–Trinajstić information content (AvgIpc) is 1.41. The number of halogens is 3.